The number of pyridine rings is 1. The molecule has 0 unspecified atom stereocenters. The quantitative estimate of drug-likeness (QED) is 0.774. The smallest absolute Gasteiger partial charge is 0.272 e. The van der Waals surface area contributed by atoms with Gasteiger partial charge in [-0.25, -0.2) is 9.50 Å². The van der Waals surface area contributed by atoms with Gasteiger partial charge >= 0.3 is 0 Å². The molecule has 26 heavy (non-hydrogen) atoms. The minimum Gasteiger partial charge on any atom is -0.379 e. The zero-order chi connectivity index (χ0) is 18.1. The van der Waals surface area contributed by atoms with Crippen molar-refractivity contribution in [3.05, 3.63) is 59.3 Å². The summed E-state index contributed by atoms with van der Waals surface area (Å²) in [6.45, 7) is 5.04. The summed E-state index contributed by atoms with van der Waals surface area (Å²) in [5.74, 6) is 0.0447. The predicted octanol–water partition coefficient (Wildman–Crippen LogP) is 1.73. The van der Waals surface area contributed by atoms with Crippen LogP contribution in [0.3, 0.4) is 0 Å². The van der Waals surface area contributed by atoms with E-state index in [9.17, 15) is 4.79 Å². The van der Waals surface area contributed by atoms with Crippen molar-refractivity contribution in [3.63, 3.8) is 0 Å². The van der Waals surface area contributed by atoms with E-state index in [0.29, 0.717) is 24.6 Å². The maximum absolute atomic E-state index is 12.7. The van der Waals surface area contributed by atoms with Crippen molar-refractivity contribution < 1.29 is 9.53 Å². The average Bonchev–Trinajstić information content (AvgIpc) is 3.23. The number of ether oxygens (including phenoxy) is 1. The summed E-state index contributed by atoms with van der Waals surface area (Å²) < 4.78 is 7.30. The fraction of sp³-hybridized carbons (Fsp3) is 0.368. The molecule has 134 valence electrons. The zero-order valence-corrected chi connectivity index (χ0v) is 14.8. The van der Waals surface area contributed by atoms with Crippen molar-refractivity contribution in [2.24, 2.45) is 5.92 Å². The Balaban J connectivity index is 1.49. The highest BCUT2D eigenvalue weighted by Gasteiger charge is 2.30. The highest BCUT2D eigenvalue weighted by molar-refractivity contribution is 5.93. The van der Waals surface area contributed by atoms with Crippen molar-refractivity contribution in [2.45, 2.75) is 26.3 Å². The van der Waals surface area contributed by atoms with E-state index < -0.39 is 0 Å². The Kier molecular flexibility index (Phi) is 4.38. The summed E-state index contributed by atoms with van der Waals surface area (Å²) in [6, 6.07) is 7.63. The van der Waals surface area contributed by atoms with Crippen LogP contribution in [0, 0.1) is 19.8 Å². The molecule has 0 aromatic carbocycles. The number of rotatable bonds is 4. The third-order valence-electron chi connectivity index (χ3n) is 4.73. The fourth-order valence-electron chi connectivity index (χ4n) is 3.42. The lowest BCUT2D eigenvalue weighted by Crippen LogP contribution is -2.40. The van der Waals surface area contributed by atoms with Crippen LogP contribution in [-0.4, -0.2) is 44.7 Å². The third kappa shape index (κ3) is 3.30. The van der Waals surface area contributed by atoms with E-state index in [4.69, 9.17) is 4.74 Å². The lowest BCUT2D eigenvalue weighted by molar-refractivity contribution is 0.0919. The highest BCUT2D eigenvalue weighted by Crippen LogP contribution is 2.19. The second-order valence-electron chi connectivity index (χ2n) is 6.78. The Morgan fingerprint density at radius 1 is 1.27 bits per heavy atom. The number of fused-ring (bicyclic) bond motifs is 1. The van der Waals surface area contributed by atoms with Gasteiger partial charge in [0.1, 0.15) is 0 Å². The van der Waals surface area contributed by atoms with Gasteiger partial charge in [-0.15, -0.1) is 0 Å². The summed E-state index contributed by atoms with van der Waals surface area (Å²) >= 11 is 0. The molecule has 7 nitrogen and oxygen atoms in total. The summed E-state index contributed by atoms with van der Waals surface area (Å²) in [5, 5.41) is 7.47. The molecule has 3 aromatic rings. The van der Waals surface area contributed by atoms with Crippen molar-refractivity contribution in [1.29, 1.82) is 0 Å². The Bertz CT molecular complexity index is 938. The van der Waals surface area contributed by atoms with Gasteiger partial charge in [0, 0.05) is 35.8 Å². The van der Waals surface area contributed by atoms with E-state index in [-0.39, 0.29) is 17.9 Å². The molecule has 0 aliphatic carbocycles. The zero-order valence-electron chi connectivity index (χ0n) is 14.8. The minimum atomic E-state index is -0.192. The van der Waals surface area contributed by atoms with E-state index >= 15 is 0 Å². The van der Waals surface area contributed by atoms with Crippen LogP contribution in [0.4, 0.5) is 0 Å². The Morgan fingerprint density at radius 2 is 2.08 bits per heavy atom. The van der Waals surface area contributed by atoms with Gasteiger partial charge in [-0.05, 0) is 44.0 Å². The molecular formula is C19H21N5O2. The first-order chi connectivity index (χ1) is 12.6. The van der Waals surface area contributed by atoms with Crippen LogP contribution < -0.4 is 5.32 Å². The molecule has 4 heterocycles. The average molecular weight is 351 g/mol. The van der Waals surface area contributed by atoms with Crippen LogP contribution >= 0.6 is 0 Å². The number of carbonyl (C=O) groups is 1. The van der Waals surface area contributed by atoms with Gasteiger partial charge in [0.05, 0.1) is 19.3 Å². The molecule has 1 amide bonds. The third-order valence-corrected chi connectivity index (χ3v) is 4.73. The van der Waals surface area contributed by atoms with Crippen LogP contribution in [0.1, 0.15) is 27.4 Å². The van der Waals surface area contributed by atoms with Gasteiger partial charge in [-0.3, -0.25) is 9.78 Å². The monoisotopic (exact) mass is 351 g/mol. The Labute approximate surface area is 151 Å². The van der Waals surface area contributed by atoms with Crippen LogP contribution in [0.5, 0.6) is 0 Å². The normalized spacial score (nSPS) is 19.8. The predicted molar refractivity (Wildman–Crippen MR) is 96.0 cm³/mol. The lowest BCUT2D eigenvalue weighted by Gasteiger charge is -2.18. The number of aromatic nitrogens is 4. The molecule has 3 aromatic heterocycles. The van der Waals surface area contributed by atoms with Gasteiger partial charge in [0.25, 0.3) is 5.91 Å². The first kappa shape index (κ1) is 16.7. The number of aryl methyl sites for hydroxylation is 2. The lowest BCUT2D eigenvalue weighted by atomic mass is 9.95. The van der Waals surface area contributed by atoms with Crippen molar-refractivity contribution in [2.75, 3.05) is 13.2 Å². The number of hydrogen-bond acceptors (Lipinski definition) is 5. The number of amides is 1. The topological polar surface area (TPSA) is 81.4 Å². The van der Waals surface area contributed by atoms with E-state index in [0.717, 1.165) is 17.8 Å². The summed E-state index contributed by atoms with van der Waals surface area (Å²) in [5.41, 5.74) is 4.11. The van der Waals surface area contributed by atoms with E-state index in [1.165, 1.54) is 5.56 Å². The molecular weight excluding hydrogens is 330 g/mol. The second-order valence-corrected chi connectivity index (χ2v) is 6.78. The minimum absolute atomic E-state index is 0.0312. The maximum atomic E-state index is 12.7. The van der Waals surface area contributed by atoms with Gasteiger partial charge in [0.2, 0.25) is 0 Å². The van der Waals surface area contributed by atoms with Crippen LogP contribution in [0.15, 0.2) is 36.7 Å². The van der Waals surface area contributed by atoms with Crippen molar-refractivity contribution >= 4 is 11.6 Å². The first-order valence-electron chi connectivity index (χ1n) is 8.71. The largest absolute Gasteiger partial charge is 0.379 e. The second kappa shape index (κ2) is 6.84. The first-order valence-corrected chi connectivity index (χ1v) is 8.71. The van der Waals surface area contributed by atoms with E-state index in [2.05, 4.69) is 20.4 Å². The Morgan fingerprint density at radius 3 is 2.88 bits per heavy atom. The molecule has 0 saturated carbocycles. The Hall–Kier alpha value is -2.80. The van der Waals surface area contributed by atoms with Gasteiger partial charge in [-0.2, -0.15) is 5.10 Å². The molecule has 1 fully saturated rings. The molecule has 0 radical (unpaired) electrons. The van der Waals surface area contributed by atoms with E-state index in [1.807, 2.05) is 32.0 Å². The molecule has 1 aliphatic rings. The molecule has 1 saturated heterocycles. The highest BCUT2D eigenvalue weighted by atomic mass is 16.5. The molecule has 1 aliphatic heterocycles. The standard InChI is InChI=1S/C19H21N5O2/c1-12-7-13(2)24-18(21-12)9-16(23-24)19(25)22-17-11-26-10-15(17)8-14-3-5-20-6-4-14/h3-7,9,15,17H,8,10-11H2,1-2H3,(H,22,25)/t15-,17+/m1/s1. The SMILES string of the molecule is Cc1cc(C)n2nc(C(=O)N[C@H]3COC[C@H]3Cc3ccncc3)cc2n1. The number of carbonyl (C=O) groups excluding carboxylic acids is 1. The van der Waals surface area contributed by atoms with Gasteiger partial charge in [-0.1, -0.05) is 0 Å². The van der Waals surface area contributed by atoms with Crippen LogP contribution in [-0.2, 0) is 11.2 Å². The van der Waals surface area contributed by atoms with E-state index in [1.54, 1.807) is 23.0 Å². The number of nitrogens with zero attached hydrogens (tertiary/aromatic N) is 4. The fourth-order valence-corrected chi connectivity index (χ4v) is 3.42. The van der Waals surface area contributed by atoms with Gasteiger partial charge < -0.3 is 10.1 Å². The van der Waals surface area contributed by atoms with Crippen LogP contribution in [0.25, 0.3) is 5.65 Å². The summed E-state index contributed by atoms with van der Waals surface area (Å²) in [7, 11) is 0. The molecule has 4 rings (SSSR count). The van der Waals surface area contributed by atoms with Crippen molar-refractivity contribution in [3.8, 4) is 0 Å². The molecule has 1 N–H and O–H groups in total. The molecule has 0 spiro atoms. The maximum Gasteiger partial charge on any atom is 0.272 e. The van der Waals surface area contributed by atoms with Crippen molar-refractivity contribution in [1.82, 2.24) is 24.9 Å². The number of nitrogens with one attached hydrogen (secondary N) is 1. The number of hydrogen-bond donors (Lipinski definition) is 1. The molecule has 0 bridgehead atoms. The summed E-state index contributed by atoms with van der Waals surface area (Å²) in [6.07, 6.45) is 4.41. The van der Waals surface area contributed by atoms with Crippen LogP contribution in [0.2, 0.25) is 0 Å². The summed E-state index contributed by atoms with van der Waals surface area (Å²) in [4.78, 5) is 21.2. The molecule has 7 heteroatoms. The van der Waals surface area contributed by atoms with Gasteiger partial charge in [0.15, 0.2) is 11.3 Å². The molecule has 2 atom stereocenters.